The zero-order valence-corrected chi connectivity index (χ0v) is 16.5. The van der Waals surface area contributed by atoms with Crippen LogP contribution >= 0.6 is 0 Å². The highest BCUT2D eigenvalue weighted by atomic mass is 19.2. The van der Waals surface area contributed by atoms with E-state index in [4.69, 9.17) is 9.47 Å². The van der Waals surface area contributed by atoms with Gasteiger partial charge in [0.05, 0.1) is 31.8 Å². The number of hydrogen-bond acceptors (Lipinski definition) is 4. The fraction of sp³-hybridized carbons (Fsp3) is 0.364. The number of ether oxygens (including phenoxy) is 2. The molecule has 8 heteroatoms. The third kappa shape index (κ3) is 3.31. The first-order chi connectivity index (χ1) is 14.4. The zero-order chi connectivity index (χ0) is 21.4. The van der Waals surface area contributed by atoms with E-state index in [-0.39, 0.29) is 24.5 Å². The number of carbonyl (C=O) groups excluding carboxylic acids is 2. The molecule has 0 bridgehead atoms. The van der Waals surface area contributed by atoms with E-state index in [1.165, 1.54) is 13.2 Å². The number of hydrogen-bond donors (Lipinski definition) is 0. The summed E-state index contributed by atoms with van der Waals surface area (Å²) in [4.78, 5) is 27.8. The summed E-state index contributed by atoms with van der Waals surface area (Å²) >= 11 is 0. The average Bonchev–Trinajstić information content (AvgIpc) is 3.12. The number of fused-ring (bicyclic) bond motifs is 1. The van der Waals surface area contributed by atoms with Crippen molar-refractivity contribution in [1.82, 2.24) is 9.80 Å². The van der Waals surface area contributed by atoms with Gasteiger partial charge in [0.25, 0.3) is 11.8 Å². The van der Waals surface area contributed by atoms with Gasteiger partial charge in [0.2, 0.25) is 5.67 Å². The van der Waals surface area contributed by atoms with Gasteiger partial charge in [-0.3, -0.25) is 9.59 Å². The Bertz CT molecular complexity index is 957. The minimum Gasteiger partial charge on any atom is -0.457 e. The molecule has 2 aromatic rings. The van der Waals surface area contributed by atoms with Crippen LogP contribution in [-0.2, 0) is 9.53 Å². The second-order valence-electron chi connectivity index (χ2n) is 7.56. The van der Waals surface area contributed by atoms with Crippen LogP contribution in [0.5, 0.6) is 11.5 Å². The van der Waals surface area contributed by atoms with Crippen molar-refractivity contribution in [3.05, 3.63) is 60.2 Å². The molecule has 0 aromatic heterocycles. The monoisotopic (exact) mass is 416 g/mol. The second-order valence-corrected chi connectivity index (χ2v) is 7.56. The number of rotatable bonds is 6. The molecule has 6 nitrogen and oxygen atoms in total. The van der Waals surface area contributed by atoms with Crippen LogP contribution in [-0.4, -0.2) is 72.8 Å². The summed E-state index contributed by atoms with van der Waals surface area (Å²) in [5, 5.41) is 0. The smallest absolute Gasteiger partial charge is 0.265 e. The van der Waals surface area contributed by atoms with Crippen molar-refractivity contribution >= 4 is 11.8 Å². The van der Waals surface area contributed by atoms with Crippen LogP contribution < -0.4 is 4.74 Å². The summed E-state index contributed by atoms with van der Waals surface area (Å²) in [6.45, 7) is -1.25. The van der Waals surface area contributed by atoms with E-state index >= 15 is 8.78 Å². The van der Waals surface area contributed by atoms with Crippen LogP contribution in [0.1, 0.15) is 10.4 Å². The minimum atomic E-state index is -2.76. The highest BCUT2D eigenvalue weighted by molar-refractivity contribution is 5.99. The third-order valence-corrected chi connectivity index (χ3v) is 5.57. The Labute approximate surface area is 173 Å². The van der Waals surface area contributed by atoms with Gasteiger partial charge >= 0.3 is 0 Å². The van der Waals surface area contributed by atoms with E-state index < -0.39 is 42.8 Å². The van der Waals surface area contributed by atoms with E-state index in [9.17, 15) is 9.59 Å². The molecule has 0 unspecified atom stereocenters. The highest BCUT2D eigenvalue weighted by Gasteiger charge is 2.71. The quantitative estimate of drug-likeness (QED) is 0.727. The molecule has 2 atom stereocenters. The molecule has 0 spiro atoms. The largest absolute Gasteiger partial charge is 0.457 e. The molecule has 158 valence electrons. The zero-order valence-electron chi connectivity index (χ0n) is 16.5. The van der Waals surface area contributed by atoms with E-state index in [1.807, 2.05) is 6.07 Å². The van der Waals surface area contributed by atoms with Crippen LogP contribution in [0.25, 0.3) is 0 Å². The Morgan fingerprint density at radius 2 is 1.73 bits per heavy atom. The Morgan fingerprint density at radius 3 is 2.43 bits per heavy atom. The van der Waals surface area contributed by atoms with E-state index in [2.05, 4.69) is 0 Å². The molecule has 0 N–H and O–H groups in total. The number of halogens is 2. The summed E-state index contributed by atoms with van der Waals surface area (Å²) in [5.41, 5.74) is -5.04. The van der Waals surface area contributed by atoms with E-state index in [0.29, 0.717) is 5.75 Å². The third-order valence-electron chi connectivity index (χ3n) is 5.57. The number of carbonyl (C=O) groups is 2. The molecule has 2 aliphatic rings. The molecule has 2 aromatic carbocycles. The van der Waals surface area contributed by atoms with Crippen molar-refractivity contribution in [2.75, 3.05) is 39.9 Å². The van der Waals surface area contributed by atoms with Crippen molar-refractivity contribution < 1.29 is 27.8 Å². The van der Waals surface area contributed by atoms with Gasteiger partial charge in [-0.15, -0.1) is 0 Å². The number of benzene rings is 2. The first-order valence-electron chi connectivity index (χ1n) is 9.65. The minimum absolute atomic E-state index is 0.106. The van der Waals surface area contributed by atoms with Crippen LogP contribution in [0.2, 0.25) is 0 Å². The Kier molecular flexibility index (Phi) is 5.19. The maximum atomic E-state index is 15.5. The van der Waals surface area contributed by atoms with Crippen molar-refractivity contribution in [3.8, 4) is 11.5 Å². The van der Waals surface area contributed by atoms with Gasteiger partial charge in [0.15, 0.2) is 5.67 Å². The molecule has 2 aliphatic heterocycles. The molecule has 2 heterocycles. The lowest BCUT2D eigenvalue weighted by atomic mass is 9.93. The number of alkyl halides is 2. The lowest BCUT2D eigenvalue weighted by Gasteiger charge is -2.23. The predicted octanol–water partition coefficient (Wildman–Crippen LogP) is 2.84. The fourth-order valence-corrected chi connectivity index (χ4v) is 3.99. The number of amides is 2. The number of para-hydroxylation sites is 2. The van der Waals surface area contributed by atoms with E-state index in [0.717, 1.165) is 9.80 Å². The second kappa shape index (κ2) is 7.68. The van der Waals surface area contributed by atoms with Gasteiger partial charge in [-0.2, -0.15) is 0 Å². The molecule has 2 saturated heterocycles. The SMILES string of the molecule is COCCN1C[C@@]2(F)CN(C(=O)c3ccccc3Oc3ccccc3)C[C@@]2(F)C1=O. The van der Waals surface area contributed by atoms with Crippen LogP contribution in [0, 0.1) is 0 Å². The topological polar surface area (TPSA) is 59.1 Å². The molecule has 2 fully saturated rings. The predicted molar refractivity (Wildman–Crippen MR) is 105 cm³/mol. The van der Waals surface area contributed by atoms with Crippen molar-refractivity contribution in [3.63, 3.8) is 0 Å². The molecule has 30 heavy (non-hydrogen) atoms. The highest BCUT2D eigenvalue weighted by Crippen LogP contribution is 2.46. The van der Waals surface area contributed by atoms with Crippen LogP contribution in [0.4, 0.5) is 8.78 Å². The van der Waals surface area contributed by atoms with Crippen molar-refractivity contribution in [1.29, 1.82) is 0 Å². The molecule has 0 radical (unpaired) electrons. The lowest BCUT2D eigenvalue weighted by molar-refractivity contribution is -0.139. The standard InChI is InChI=1S/C22H22F2N2O4/c1-29-12-11-25-13-21(23)14-26(15-22(21,24)20(25)28)19(27)17-9-5-6-10-18(17)30-16-7-3-2-4-8-16/h2-10H,11-15H2,1H3/t21-,22-/m1/s1. The summed E-state index contributed by atoms with van der Waals surface area (Å²) < 4.78 is 41.7. The summed E-state index contributed by atoms with van der Waals surface area (Å²) in [6.07, 6.45) is 0. The van der Waals surface area contributed by atoms with Crippen LogP contribution in [0.15, 0.2) is 54.6 Å². The molecular weight excluding hydrogens is 394 g/mol. The maximum Gasteiger partial charge on any atom is 0.265 e. The molecule has 0 saturated carbocycles. The Hall–Kier alpha value is -3.00. The lowest BCUT2D eigenvalue weighted by Crippen LogP contribution is -2.47. The first kappa shape index (κ1) is 20.3. The van der Waals surface area contributed by atoms with E-state index in [1.54, 1.807) is 42.5 Å². The van der Waals surface area contributed by atoms with Gasteiger partial charge in [-0.25, -0.2) is 8.78 Å². The summed E-state index contributed by atoms with van der Waals surface area (Å²) in [7, 11) is 1.45. The number of methoxy groups -OCH3 is 1. The summed E-state index contributed by atoms with van der Waals surface area (Å²) in [5.74, 6) is -0.712. The number of nitrogens with zero attached hydrogens (tertiary/aromatic N) is 2. The van der Waals surface area contributed by atoms with Gasteiger partial charge < -0.3 is 19.3 Å². The molecule has 0 aliphatic carbocycles. The average molecular weight is 416 g/mol. The number of likely N-dealkylation sites (tertiary alicyclic amines) is 2. The van der Waals surface area contributed by atoms with Gasteiger partial charge in [-0.05, 0) is 24.3 Å². The van der Waals surface area contributed by atoms with Gasteiger partial charge in [-0.1, -0.05) is 30.3 Å². The maximum absolute atomic E-state index is 15.5. The van der Waals surface area contributed by atoms with Gasteiger partial charge in [0, 0.05) is 13.7 Å². The molecule has 4 rings (SSSR count). The van der Waals surface area contributed by atoms with Crippen molar-refractivity contribution in [2.24, 2.45) is 0 Å². The normalized spacial score (nSPS) is 25.5. The molecule has 2 amide bonds. The Morgan fingerprint density at radius 1 is 1.03 bits per heavy atom. The fourth-order valence-electron chi connectivity index (χ4n) is 3.99. The van der Waals surface area contributed by atoms with Crippen LogP contribution in [0.3, 0.4) is 0 Å². The Balaban J connectivity index is 1.55. The van der Waals surface area contributed by atoms with Gasteiger partial charge in [0.1, 0.15) is 11.5 Å². The van der Waals surface area contributed by atoms with Crippen molar-refractivity contribution in [2.45, 2.75) is 11.3 Å². The molecular formula is C22H22F2N2O4. The first-order valence-corrected chi connectivity index (χ1v) is 9.65. The summed E-state index contributed by atoms with van der Waals surface area (Å²) in [6, 6.07) is 15.4.